The molecule has 29 heavy (non-hydrogen) atoms. The second kappa shape index (κ2) is 10.6. The van der Waals surface area contributed by atoms with Crippen molar-refractivity contribution in [2.75, 3.05) is 31.6 Å². The molecule has 1 aliphatic heterocycles. The first-order valence-corrected chi connectivity index (χ1v) is 10.2. The Morgan fingerprint density at radius 3 is 2.59 bits per heavy atom. The van der Waals surface area contributed by atoms with Crippen molar-refractivity contribution < 1.29 is 14.3 Å². The van der Waals surface area contributed by atoms with E-state index in [2.05, 4.69) is 27.7 Å². The molecule has 3 rings (SSSR count). The van der Waals surface area contributed by atoms with E-state index in [1.54, 1.807) is 24.3 Å². The van der Waals surface area contributed by atoms with Crippen LogP contribution < -0.4 is 15.4 Å². The van der Waals surface area contributed by atoms with Crippen LogP contribution in [0.5, 0.6) is 5.75 Å². The van der Waals surface area contributed by atoms with Gasteiger partial charge in [-0.25, -0.2) is 0 Å². The molecule has 6 heteroatoms. The lowest BCUT2D eigenvalue weighted by molar-refractivity contribution is -0.123. The van der Waals surface area contributed by atoms with Gasteiger partial charge in [0.05, 0.1) is 5.92 Å². The second-order valence-electron chi connectivity index (χ2n) is 7.32. The SMILES string of the molecule is CCNC(=O)COc1ccc(NC(=O)C2CCCN(Cc3ccccc3)C2)cc1. The van der Waals surface area contributed by atoms with Crippen molar-refractivity contribution in [1.29, 1.82) is 0 Å². The maximum atomic E-state index is 12.7. The molecule has 0 radical (unpaired) electrons. The molecule has 0 saturated carbocycles. The van der Waals surface area contributed by atoms with Crippen LogP contribution >= 0.6 is 0 Å². The smallest absolute Gasteiger partial charge is 0.257 e. The molecule has 1 fully saturated rings. The minimum Gasteiger partial charge on any atom is -0.484 e. The standard InChI is InChI=1S/C23H29N3O3/c1-2-24-22(27)17-29-21-12-10-20(11-13-21)25-23(28)19-9-6-14-26(16-19)15-18-7-4-3-5-8-18/h3-5,7-8,10-13,19H,2,6,9,14-17H2,1H3,(H,24,27)(H,25,28). The van der Waals surface area contributed by atoms with Crippen molar-refractivity contribution >= 4 is 17.5 Å². The van der Waals surface area contributed by atoms with Crippen molar-refractivity contribution in [3.63, 3.8) is 0 Å². The molecular formula is C23H29N3O3. The Labute approximate surface area is 172 Å². The first kappa shape index (κ1) is 20.9. The molecule has 1 aliphatic rings. The molecule has 1 unspecified atom stereocenters. The van der Waals surface area contributed by atoms with Crippen molar-refractivity contribution in [1.82, 2.24) is 10.2 Å². The molecule has 2 aromatic carbocycles. The fraction of sp³-hybridized carbons (Fsp3) is 0.391. The molecule has 6 nitrogen and oxygen atoms in total. The lowest BCUT2D eigenvalue weighted by atomic mass is 9.96. The molecule has 2 amide bonds. The molecule has 1 atom stereocenters. The number of piperidine rings is 1. The quantitative estimate of drug-likeness (QED) is 0.721. The Kier molecular flexibility index (Phi) is 7.64. The molecular weight excluding hydrogens is 366 g/mol. The average molecular weight is 396 g/mol. The Morgan fingerprint density at radius 1 is 1.10 bits per heavy atom. The molecule has 2 aromatic rings. The molecule has 2 N–H and O–H groups in total. The van der Waals surface area contributed by atoms with Crippen LogP contribution in [0.2, 0.25) is 0 Å². The number of nitrogens with one attached hydrogen (secondary N) is 2. The van der Waals surface area contributed by atoms with Gasteiger partial charge in [-0.3, -0.25) is 14.5 Å². The van der Waals surface area contributed by atoms with E-state index in [1.807, 2.05) is 25.1 Å². The fourth-order valence-electron chi connectivity index (χ4n) is 3.53. The number of likely N-dealkylation sites (tertiary alicyclic amines) is 1. The van der Waals surface area contributed by atoms with E-state index in [0.717, 1.165) is 38.2 Å². The molecule has 1 heterocycles. The van der Waals surface area contributed by atoms with Crippen LogP contribution in [-0.2, 0) is 16.1 Å². The summed E-state index contributed by atoms with van der Waals surface area (Å²) in [5.74, 6) is 0.489. The first-order valence-electron chi connectivity index (χ1n) is 10.2. The number of benzene rings is 2. The number of hydrogen-bond acceptors (Lipinski definition) is 4. The van der Waals surface area contributed by atoms with E-state index >= 15 is 0 Å². The summed E-state index contributed by atoms with van der Waals surface area (Å²) in [6, 6.07) is 17.5. The van der Waals surface area contributed by atoms with Crippen LogP contribution in [0.4, 0.5) is 5.69 Å². The van der Waals surface area contributed by atoms with Crippen LogP contribution in [0.25, 0.3) is 0 Å². The van der Waals surface area contributed by atoms with Gasteiger partial charge in [0.2, 0.25) is 5.91 Å². The molecule has 0 aromatic heterocycles. The van der Waals surface area contributed by atoms with Gasteiger partial charge in [0.25, 0.3) is 5.91 Å². The van der Waals surface area contributed by atoms with E-state index < -0.39 is 0 Å². The highest BCUT2D eigenvalue weighted by atomic mass is 16.5. The van der Waals surface area contributed by atoms with Gasteiger partial charge in [-0.05, 0) is 56.1 Å². The van der Waals surface area contributed by atoms with Crippen LogP contribution in [0, 0.1) is 5.92 Å². The first-order chi connectivity index (χ1) is 14.1. The minimum atomic E-state index is -0.151. The minimum absolute atomic E-state index is 0.0128. The van der Waals surface area contributed by atoms with E-state index in [0.29, 0.717) is 12.3 Å². The van der Waals surface area contributed by atoms with E-state index in [-0.39, 0.29) is 24.3 Å². The third-order valence-electron chi connectivity index (χ3n) is 4.99. The molecule has 0 aliphatic carbocycles. The summed E-state index contributed by atoms with van der Waals surface area (Å²) in [7, 11) is 0. The number of anilines is 1. The van der Waals surface area contributed by atoms with Gasteiger partial charge in [0.15, 0.2) is 6.61 Å². The lowest BCUT2D eigenvalue weighted by Gasteiger charge is -2.32. The fourth-order valence-corrected chi connectivity index (χ4v) is 3.53. The Bertz CT molecular complexity index is 793. The van der Waals surface area contributed by atoms with Gasteiger partial charge >= 0.3 is 0 Å². The summed E-state index contributed by atoms with van der Waals surface area (Å²) in [5.41, 5.74) is 2.01. The van der Waals surface area contributed by atoms with Gasteiger partial charge in [-0.1, -0.05) is 30.3 Å². The van der Waals surface area contributed by atoms with Gasteiger partial charge < -0.3 is 15.4 Å². The van der Waals surface area contributed by atoms with Gasteiger partial charge in [0, 0.05) is 25.3 Å². The Hall–Kier alpha value is -2.86. The summed E-state index contributed by atoms with van der Waals surface area (Å²) in [6.45, 7) is 5.10. The zero-order valence-corrected chi connectivity index (χ0v) is 16.9. The number of carbonyl (C=O) groups excluding carboxylic acids is 2. The lowest BCUT2D eigenvalue weighted by Crippen LogP contribution is -2.40. The Balaban J connectivity index is 1.48. The van der Waals surface area contributed by atoms with Crippen LogP contribution in [0.1, 0.15) is 25.3 Å². The number of ether oxygens (including phenoxy) is 1. The zero-order chi connectivity index (χ0) is 20.5. The number of rotatable bonds is 8. The summed E-state index contributed by atoms with van der Waals surface area (Å²) < 4.78 is 5.44. The summed E-state index contributed by atoms with van der Waals surface area (Å²) in [6.07, 6.45) is 1.93. The van der Waals surface area contributed by atoms with E-state index in [4.69, 9.17) is 4.74 Å². The highest BCUT2D eigenvalue weighted by Crippen LogP contribution is 2.21. The third kappa shape index (κ3) is 6.61. The van der Waals surface area contributed by atoms with E-state index in [9.17, 15) is 9.59 Å². The maximum Gasteiger partial charge on any atom is 0.257 e. The normalized spacial score (nSPS) is 16.8. The van der Waals surface area contributed by atoms with Crippen molar-refractivity contribution in [2.45, 2.75) is 26.3 Å². The number of carbonyl (C=O) groups is 2. The third-order valence-corrected chi connectivity index (χ3v) is 4.99. The van der Waals surface area contributed by atoms with Crippen LogP contribution in [-0.4, -0.2) is 43.0 Å². The van der Waals surface area contributed by atoms with Crippen molar-refractivity contribution in [3.05, 3.63) is 60.2 Å². The van der Waals surface area contributed by atoms with Gasteiger partial charge in [-0.15, -0.1) is 0 Å². The topological polar surface area (TPSA) is 70.7 Å². The molecule has 154 valence electrons. The van der Waals surface area contributed by atoms with Crippen molar-refractivity contribution in [3.8, 4) is 5.75 Å². The van der Waals surface area contributed by atoms with Gasteiger partial charge in [0.1, 0.15) is 5.75 Å². The second-order valence-corrected chi connectivity index (χ2v) is 7.32. The summed E-state index contributed by atoms with van der Waals surface area (Å²) in [5, 5.41) is 5.69. The van der Waals surface area contributed by atoms with Crippen LogP contribution in [0.15, 0.2) is 54.6 Å². The van der Waals surface area contributed by atoms with Crippen LogP contribution in [0.3, 0.4) is 0 Å². The highest BCUT2D eigenvalue weighted by molar-refractivity contribution is 5.92. The summed E-state index contributed by atoms with van der Waals surface area (Å²) in [4.78, 5) is 26.5. The number of hydrogen-bond donors (Lipinski definition) is 2. The highest BCUT2D eigenvalue weighted by Gasteiger charge is 2.25. The average Bonchev–Trinajstić information content (AvgIpc) is 2.74. The zero-order valence-electron chi connectivity index (χ0n) is 16.9. The van der Waals surface area contributed by atoms with E-state index in [1.165, 1.54) is 5.56 Å². The van der Waals surface area contributed by atoms with Crippen molar-refractivity contribution in [2.24, 2.45) is 5.92 Å². The Morgan fingerprint density at radius 2 is 1.86 bits per heavy atom. The predicted molar refractivity (Wildman–Crippen MR) is 114 cm³/mol. The molecule has 1 saturated heterocycles. The molecule has 0 spiro atoms. The molecule has 0 bridgehead atoms. The number of amides is 2. The predicted octanol–water partition coefficient (Wildman–Crippen LogP) is 3.05. The maximum absolute atomic E-state index is 12.7. The summed E-state index contributed by atoms with van der Waals surface area (Å²) >= 11 is 0. The largest absolute Gasteiger partial charge is 0.484 e. The monoisotopic (exact) mass is 395 g/mol. The number of likely N-dealkylation sites (N-methyl/N-ethyl adjacent to an activating group) is 1. The number of nitrogens with zero attached hydrogens (tertiary/aromatic N) is 1. The van der Waals surface area contributed by atoms with Gasteiger partial charge in [-0.2, -0.15) is 0 Å².